The van der Waals surface area contributed by atoms with Crippen molar-refractivity contribution in [2.24, 2.45) is 0 Å². The highest BCUT2D eigenvalue weighted by atomic mass is 79.9. The number of methoxy groups -OCH3 is 2. The molecule has 2 aromatic carbocycles. The molecule has 2 heterocycles. The summed E-state index contributed by atoms with van der Waals surface area (Å²) in [7, 11) is -0.349. The molecule has 0 amide bonds. The van der Waals surface area contributed by atoms with Crippen molar-refractivity contribution in [2.45, 2.75) is 23.0 Å². The average Bonchev–Trinajstić information content (AvgIpc) is 3.29. The molecule has 0 spiro atoms. The van der Waals surface area contributed by atoms with Gasteiger partial charge in [0.1, 0.15) is 16.4 Å². The normalized spacial score (nSPS) is 15.1. The Hall–Kier alpha value is -2.10. The van der Waals surface area contributed by atoms with E-state index in [0.717, 1.165) is 26.6 Å². The summed E-state index contributed by atoms with van der Waals surface area (Å²) in [5.41, 5.74) is 1.94. The van der Waals surface area contributed by atoms with Crippen LogP contribution in [0.15, 0.2) is 57.2 Å². The minimum Gasteiger partial charge on any atom is -0.497 e. The van der Waals surface area contributed by atoms with Crippen LogP contribution in [0.25, 0.3) is 11.3 Å². The van der Waals surface area contributed by atoms with Gasteiger partial charge in [0, 0.05) is 28.5 Å². The third-order valence-electron chi connectivity index (χ3n) is 5.46. The standard InChI is InChI=1S/C22H23BrN2O4S2/c1-28-17-6-3-15(4-7-17)19-14-30-22(24-19)25-11-9-18(10-12-25)31(26,27)21-13-16(23)5-8-20(21)29-2/h3-8,13-14,18H,9-12H2,1-2H3. The number of thiazole rings is 1. The maximum Gasteiger partial charge on any atom is 0.185 e. The van der Waals surface area contributed by atoms with E-state index in [2.05, 4.69) is 20.8 Å². The van der Waals surface area contributed by atoms with E-state index in [0.29, 0.717) is 31.7 Å². The number of aromatic nitrogens is 1. The van der Waals surface area contributed by atoms with Crippen molar-refractivity contribution in [2.75, 3.05) is 32.2 Å². The molecule has 1 saturated heterocycles. The van der Waals surface area contributed by atoms with Gasteiger partial charge in [0.15, 0.2) is 15.0 Å². The Bertz CT molecular complexity index is 1150. The molecule has 0 bridgehead atoms. The molecule has 9 heteroatoms. The number of hydrogen-bond donors (Lipinski definition) is 0. The Kier molecular flexibility index (Phi) is 6.55. The van der Waals surface area contributed by atoms with E-state index in [1.807, 2.05) is 29.6 Å². The first-order chi connectivity index (χ1) is 14.9. The predicted molar refractivity (Wildman–Crippen MR) is 127 cm³/mol. The summed E-state index contributed by atoms with van der Waals surface area (Å²) in [6.07, 6.45) is 1.10. The number of rotatable bonds is 6. The van der Waals surface area contributed by atoms with Crippen LogP contribution in [0.4, 0.5) is 5.13 Å². The third-order valence-corrected chi connectivity index (χ3v) is 9.14. The Balaban J connectivity index is 1.46. The molecule has 0 unspecified atom stereocenters. The van der Waals surface area contributed by atoms with Crippen LogP contribution in [0.3, 0.4) is 0 Å². The van der Waals surface area contributed by atoms with Gasteiger partial charge in [-0.2, -0.15) is 0 Å². The van der Waals surface area contributed by atoms with Crippen LogP contribution >= 0.6 is 27.3 Å². The Morgan fingerprint density at radius 2 is 1.77 bits per heavy atom. The lowest BCUT2D eigenvalue weighted by Crippen LogP contribution is -2.39. The monoisotopic (exact) mass is 522 g/mol. The van der Waals surface area contributed by atoms with Gasteiger partial charge in [0.2, 0.25) is 0 Å². The highest BCUT2D eigenvalue weighted by Gasteiger charge is 2.34. The van der Waals surface area contributed by atoms with Gasteiger partial charge in [-0.05, 0) is 55.3 Å². The quantitative estimate of drug-likeness (QED) is 0.452. The summed E-state index contributed by atoms with van der Waals surface area (Å²) < 4.78 is 37.8. The SMILES string of the molecule is COc1ccc(-c2csc(N3CCC(S(=O)(=O)c4cc(Br)ccc4OC)CC3)n2)cc1. The number of nitrogens with zero attached hydrogens (tertiary/aromatic N) is 2. The lowest BCUT2D eigenvalue weighted by atomic mass is 10.1. The summed E-state index contributed by atoms with van der Waals surface area (Å²) in [4.78, 5) is 7.19. The van der Waals surface area contributed by atoms with Gasteiger partial charge in [-0.3, -0.25) is 0 Å². The number of anilines is 1. The van der Waals surface area contributed by atoms with E-state index in [1.54, 1.807) is 36.6 Å². The predicted octanol–water partition coefficient (Wildman–Crippen LogP) is 5.03. The fourth-order valence-electron chi connectivity index (χ4n) is 3.71. The number of hydrogen-bond acceptors (Lipinski definition) is 7. The Morgan fingerprint density at radius 1 is 1.06 bits per heavy atom. The molecule has 3 aromatic rings. The first-order valence-corrected chi connectivity index (χ1v) is 13.1. The van der Waals surface area contributed by atoms with Gasteiger partial charge >= 0.3 is 0 Å². The number of halogens is 1. The zero-order chi connectivity index (χ0) is 22.0. The highest BCUT2D eigenvalue weighted by Crippen LogP contribution is 2.35. The number of ether oxygens (including phenoxy) is 2. The average molecular weight is 523 g/mol. The number of benzene rings is 2. The van der Waals surface area contributed by atoms with E-state index in [-0.39, 0.29) is 4.90 Å². The second-order valence-electron chi connectivity index (χ2n) is 7.27. The summed E-state index contributed by atoms with van der Waals surface area (Å²) in [6.45, 7) is 1.30. The molecule has 0 atom stereocenters. The Labute approximate surface area is 194 Å². The second kappa shape index (κ2) is 9.18. The van der Waals surface area contributed by atoms with Crippen molar-refractivity contribution in [1.29, 1.82) is 0 Å². The van der Waals surface area contributed by atoms with Gasteiger partial charge < -0.3 is 14.4 Å². The zero-order valence-electron chi connectivity index (χ0n) is 17.2. The maximum atomic E-state index is 13.3. The van der Waals surface area contributed by atoms with Gasteiger partial charge in [-0.1, -0.05) is 15.9 Å². The van der Waals surface area contributed by atoms with Crippen molar-refractivity contribution in [1.82, 2.24) is 4.98 Å². The molecule has 1 aliphatic heterocycles. The van der Waals surface area contributed by atoms with Crippen molar-refractivity contribution >= 4 is 42.2 Å². The molecule has 0 N–H and O–H groups in total. The maximum absolute atomic E-state index is 13.3. The molecule has 0 saturated carbocycles. The van der Waals surface area contributed by atoms with E-state index in [1.165, 1.54) is 7.11 Å². The minimum absolute atomic E-state index is 0.249. The molecule has 4 rings (SSSR count). The molecule has 31 heavy (non-hydrogen) atoms. The van der Waals surface area contributed by atoms with Gasteiger partial charge in [-0.25, -0.2) is 13.4 Å². The topological polar surface area (TPSA) is 68.7 Å². The molecule has 1 aromatic heterocycles. The van der Waals surface area contributed by atoms with Crippen LogP contribution in [-0.2, 0) is 9.84 Å². The van der Waals surface area contributed by atoms with E-state index in [4.69, 9.17) is 14.5 Å². The number of piperidine rings is 1. The fourth-order valence-corrected chi connectivity index (χ4v) is 7.03. The molecule has 0 radical (unpaired) electrons. The van der Waals surface area contributed by atoms with E-state index >= 15 is 0 Å². The molecule has 6 nitrogen and oxygen atoms in total. The molecule has 1 aliphatic rings. The summed E-state index contributed by atoms with van der Waals surface area (Å²) in [5.74, 6) is 1.19. The lowest BCUT2D eigenvalue weighted by molar-refractivity contribution is 0.401. The van der Waals surface area contributed by atoms with Crippen molar-refractivity contribution in [3.8, 4) is 22.8 Å². The van der Waals surface area contributed by atoms with Crippen LogP contribution in [-0.4, -0.2) is 46.0 Å². The molecule has 1 fully saturated rings. The zero-order valence-corrected chi connectivity index (χ0v) is 20.5. The van der Waals surface area contributed by atoms with Crippen molar-refractivity contribution in [3.05, 3.63) is 52.3 Å². The molecule has 0 aliphatic carbocycles. The largest absolute Gasteiger partial charge is 0.497 e. The third kappa shape index (κ3) is 4.58. The van der Waals surface area contributed by atoms with Gasteiger partial charge in [-0.15, -0.1) is 11.3 Å². The molecular formula is C22H23BrN2O4S2. The van der Waals surface area contributed by atoms with E-state index in [9.17, 15) is 8.42 Å². The minimum atomic E-state index is -3.49. The summed E-state index contributed by atoms with van der Waals surface area (Å²) in [6, 6.07) is 12.9. The van der Waals surface area contributed by atoms with Gasteiger partial charge in [0.05, 0.1) is 25.2 Å². The first-order valence-electron chi connectivity index (χ1n) is 9.84. The molecule has 164 valence electrons. The first kappa shape index (κ1) is 22.1. The highest BCUT2D eigenvalue weighted by molar-refractivity contribution is 9.10. The number of sulfone groups is 1. The summed E-state index contributed by atoms with van der Waals surface area (Å²) >= 11 is 4.95. The second-order valence-corrected chi connectivity index (χ2v) is 11.2. The van der Waals surface area contributed by atoms with Crippen LogP contribution in [0.2, 0.25) is 0 Å². The van der Waals surface area contributed by atoms with Crippen LogP contribution in [0, 0.1) is 0 Å². The van der Waals surface area contributed by atoms with Crippen LogP contribution in [0.1, 0.15) is 12.8 Å². The van der Waals surface area contributed by atoms with Gasteiger partial charge in [0.25, 0.3) is 0 Å². The van der Waals surface area contributed by atoms with Crippen molar-refractivity contribution in [3.63, 3.8) is 0 Å². The van der Waals surface area contributed by atoms with Crippen LogP contribution in [0.5, 0.6) is 11.5 Å². The van der Waals surface area contributed by atoms with Crippen molar-refractivity contribution < 1.29 is 17.9 Å². The van der Waals surface area contributed by atoms with E-state index < -0.39 is 15.1 Å². The molecular weight excluding hydrogens is 500 g/mol. The summed E-state index contributed by atoms with van der Waals surface area (Å²) in [5, 5.41) is 2.52. The van der Waals surface area contributed by atoms with Crippen LogP contribution < -0.4 is 14.4 Å². The fraction of sp³-hybridized carbons (Fsp3) is 0.318. The smallest absolute Gasteiger partial charge is 0.185 e. The Morgan fingerprint density at radius 3 is 2.42 bits per heavy atom. The lowest BCUT2D eigenvalue weighted by Gasteiger charge is -2.31.